The van der Waals surface area contributed by atoms with Crippen LogP contribution >= 0.6 is 0 Å². The van der Waals surface area contributed by atoms with Crippen molar-refractivity contribution >= 4 is 12.1 Å². The predicted molar refractivity (Wildman–Crippen MR) is 95.7 cm³/mol. The van der Waals surface area contributed by atoms with Gasteiger partial charge in [0.05, 0.1) is 0 Å². The Morgan fingerprint density at radius 2 is 1.77 bits per heavy atom. The van der Waals surface area contributed by atoms with Crippen LogP contribution in [0.3, 0.4) is 0 Å². The number of carboxylic acids is 1. The van der Waals surface area contributed by atoms with Crippen molar-refractivity contribution in [3.05, 3.63) is 35.6 Å². The first-order chi connectivity index (χ1) is 12.1. The minimum atomic E-state index is -1.38. The van der Waals surface area contributed by atoms with E-state index < -0.39 is 28.9 Å². The summed E-state index contributed by atoms with van der Waals surface area (Å²) >= 11 is 0. The van der Waals surface area contributed by atoms with Gasteiger partial charge in [-0.25, -0.2) is 9.18 Å². The summed E-state index contributed by atoms with van der Waals surface area (Å²) in [6.07, 6.45) is 0.835. The third-order valence-corrected chi connectivity index (χ3v) is 3.94. The van der Waals surface area contributed by atoms with Crippen LogP contribution in [0.25, 0.3) is 0 Å². The quantitative estimate of drug-likeness (QED) is 0.651. The molecule has 1 amide bonds. The van der Waals surface area contributed by atoms with Gasteiger partial charge in [-0.15, -0.1) is 0 Å². The van der Waals surface area contributed by atoms with Crippen molar-refractivity contribution in [2.75, 3.05) is 20.3 Å². The van der Waals surface area contributed by atoms with E-state index in [-0.39, 0.29) is 13.0 Å². The molecular weight excluding hydrogens is 341 g/mol. The number of alkyl carbamates (subject to hydrolysis) is 1. The molecule has 7 heteroatoms. The Morgan fingerprint density at radius 1 is 1.15 bits per heavy atom. The van der Waals surface area contributed by atoms with Crippen LogP contribution in [0.2, 0.25) is 0 Å². The molecule has 0 radical (unpaired) electrons. The molecule has 26 heavy (non-hydrogen) atoms. The summed E-state index contributed by atoms with van der Waals surface area (Å²) in [5.74, 6) is -1.54. The third-order valence-electron chi connectivity index (χ3n) is 3.94. The molecule has 1 aromatic rings. The van der Waals surface area contributed by atoms with Crippen molar-refractivity contribution < 1.29 is 28.6 Å². The molecule has 1 aromatic carbocycles. The minimum absolute atomic E-state index is 0.157. The zero-order valence-corrected chi connectivity index (χ0v) is 15.8. The molecule has 0 spiro atoms. The van der Waals surface area contributed by atoms with E-state index in [0.29, 0.717) is 25.0 Å². The monoisotopic (exact) mass is 369 g/mol. The molecule has 2 N–H and O–H groups in total. The van der Waals surface area contributed by atoms with Crippen LogP contribution in [0.15, 0.2) is 24.3 Å². The highest BCUT2D eigenvalue weighted by atomic mass is 19.1. The number of halogens is 1. The number of rotatable bonds is 9. The second-order valence-electron chi connectivity index (χ2n) is 7.20. The number of benzene rings is 1. The van der Waals surface area contributed by atoms with Crippen molar-refractivity contribution in [1.82, 2.24) is 5.32 Å². The lowest BCUT2D eigenvalue weighted by atomic mass is 9.76. The molecule has 0 aliphatic heterocycles. The first-order valence-corrected chi connectivity index (χ1v) is 8.56. The fourth-order valence-electron chi connectivity index (χ4n) is 2.62. The Balaban J connectivity index is 3.03. The van der Waals surface area contributed by atoms with Gasteiger partial charge in [-0.2, -0.15) is 0 Å². The van der Waals surface area contributed by atoms with Gasteiger partial charge in [0, 0.05) is 20.3 Å². The molecule has 1 atom stereocenters. The van der Waals surface area contributed by atoms with E-state index in [4.69, 9.17) is 9.47 Å². The van der Waals surface area contributed by atoms with E-state index in [1.807, 2.05) is 0 Å². The maximum atomic E-state index is 13.3. The number of carboxylic acid groups (broad SMARTS) is 1. The van der Waals surface area contributed by atoms with Gasteiger partial charge in [-0.05, 0) is 57.7 Å². The fraction of sp³-hybridized carbons (Fsp3) is 0.579. The minimum Gasteiger partial charge on any atom is -0.481 e. The SMILES string of the molecule is COCCCCC(CNC(=O)OC(C)(C)C)(C(=O)O)c1ccc(F)cc1. The largest absolute Gasteiger partial charge is 0.481 e. The number of unbranched alkanes of at least 4 members (excludes halogenated alkanes) is 1. The lowest BCUT2D eigenvalue weighted by molar-refractivity contribution is -0.144. The van der Waals surface area contributed by atoms with Crippen LogP contribution in [0, 0.1) is 5.82 Å². The zero-order chi connectivity index (χ0) is 19.8. The van der Waals surface area contributed by atoms with Crippen molar-refractivity contribution in [2.24, 2.45) is 0 Å². The van der Waals surface area contributed by atoms with Gasteiger partial charge in [-0.3, -0.25) is 4.79 Å². The first-order valence-electron chi connectivity index (χ1n) is 8.56. The summed E-state index contributed by atoms with van der Waals surface area (Å²) < 4.78 is 23.5. The number of carbonyl (C=O) groups is 2. The van der Waals surface area contributed by atoms with Gasteiger partial charge in [0.25, 0.3) is 0 Å². The molecule has 0 aliphatic rings. The molecule has 1 unspecified atom stereocenters. The second kappa shape index (κ2) is 9.52. The van der Waals surface area contributed by atoms with Crippen molar-refractivity contribution in [3.63, 3.8) is 0 Å². The number of hydrogen-bond donors (Lipinski definition) is 2. The summed E-state index contributed by atoms with van der Waals surface area (Å²) in [6, 6.07) is 5.32. The average Bonchev–Trinajstić information content (AvgIpc) is 2.53. The number of amides is 1. The highest BCUT2D eigenvalue weighted by Gasteiger charge is 2.40. The average molecular weight is 369 g/mol. The van der Waals surface area contributed by atoms with Gasteiger partial charge >= 0.3 is 12.1 Å². The number of aliphatic carboxylic acids is 1. The van der Waals surface area contributed by atoms with E-state index >= 15 is 0 Å². The van der Waals surface area contributed by atoms with Gasteiger partial charge < -0.3 is 19.9 Å². The smallest absolute Gasteiger partial charge is 0.407 e. The molecule has 0 fully saturated rings. The third kappa shape index (κ3) is 6.63. The molecule has 0 heterocycles. The van der Waals surface area contributed by atoms with E-state index in [1.165, 1.54) is 24.3 Å². The van der Waals surface area contributed by atoms with Crippen molar-refractivity contribution in [1.29, 1.82) is 0 Å². The Kier molecular flexibility index (Phi) is 8.02. The molecule has 0 aliphatic carbocycles. The Morgan fingerprint density at radius 3 is 2.27 bits per heavy atom. The maximum Gasteiger partial charge on any atom is 0.407 e. The highest BCUT2D eigenvalue weighted by Crippen LogP contribution is 2.31. The summed E-state index contributed by atoms with van der Waals surface area (Å²) in [4.78, 5) is 24.1. The predicted octanol–water partition coefficient (Wildman–Crippen LogP) is 3.49. The van der Waals surface area contributed by atoms with E-state index in [2.05, 4.69) is 5.32 Å². The van der Waals surface area contributed by atoms with Gasteiger partial charge in [0.15, 0.2) is 0 Å². The highest BCUT2D eigenvalue weighted by molar-refractivity contribution is 5.82. The summed E-state index contributed by atoms with van der Waals surface area (Å²) in [6.45, 7) is 5.53. The Bertz CT molecular complexity index is 597. The molecule has 0 aromatic heterocycles. The van der Waals surface area contributed by atoms with E-state index in [9.17, 15) is 19.1 Å². The van der Waals surface area contributed by atoms with Crippen LogP contribution in [0.1, 0.15) is 45.6 Å². The number of nitrogens with one attached hydrogen (secondary N) is 1. The Hall–Kier alpha value is -2.15. The summed E-state index contributed by atoms with van der Waals surface area (Å²) in [5, 5.41) is 12.5. The van der Waals surface area contributed by atoms with Gasteiger partial charge in [0.1, 0.15) is 16.8 Å². The normalized spacial score (nSPS) is 13.7. The van der Waals surface area contributed by atoms with Crippen molar-refractivity contribution in [2.45, 2.75) is 51.0 Å². The molecule has 146 valence electrons. The number of ether oxygens (including phenoxy) is 2. The number of methoxy groups -OCH3 is 1. The van der Waals surface area contributed by atoms with E-state index in [1.54, 1.807) is 27.9 Å². The van der Waals surface area contributed by atoms with Crippen LogP contribution in [-0.2, 0) is 19.7 Å². The standard InChI is InChI=1S/C19H28FNO5/c1-18(2,3)26-17(24)21-13-19(16(22)23,11-5-6-12-25-4)14-7-9-15(20)10-8-14/h7-10H,5-6,11-13H2,1-4H3,(H,21,24)(H,22,23). The molecular formula is C19H28FNO5. The second-order valence-corrected chi connectivity index (χ2v) is 7.20. The molecule has 0 saturated heterocycles. The molecule has 0 saturated carbocycles. The van der Waals surface area contributed by atoms with Crippen LogP contribution < -0.4 is 5.32 Å². The van der Waals surface area contributed by atoms with Crippen LogP contribution in [-0.4, -0.2) is 43.0 Å². The van der Waals surface area contributed by atoms with Crippen LogP contribution in [0.4, 0.5) is 9.18 Å². The summed E-state index contributed by atoms with van der Waals surface area (Å²) in [5.41, 5.74) is -1.64. The lowest BCUT2D eigenvalue weighted by Crippen LogP contribution is -2.47. The Labute approximate surface area is 153 Å². The summed E-state index contributed by atoms with van der Waals surface area (Å²) in [7, 11) is 1.58. The lowest BCUT2D eigenvalue weighted by Gasteiger charge is -2.31. The van der Waals surface area contributed by atoms with Crippen LogP contribution in [0.5, 0.6) is 0 Å². The van der Waals surface area contributed by atoms with E-state index in [0.717, 1.165) is 0 Å². The fourth-order valence-corrected chi connectivity index (χ4v) is 2.62. The maximum absolute atomic E-state index is 13.3. The molecule has 6 nitrogen and oxygen atoms in total. The zero-order valence-electron chi connectivity index (χ0n) is 15.8. The first kappa shape index (κ1) is 21.9. The van der Waals surface area contributed by atoms with Gasteiger partial charge in [0.2, 0.25) is 0 Å². The number of hydrogen-bond acceptors (Lipinski definition) is 4. The van der Waals surface area contributed by atoms with Crippen molar-refractivity contribution in [3.8, 4) is 0 Å². The number of carbonyl (C=O) groups excluding carboxylic acids is 1. The molecule has 0 bridgehead atoms. The topological polar surface area (TPSA) is 84.9 Å². The molecule has 1 rings (SSSR count). The van der Waals surface area contributed by atoms with Gasteiger partial charge in [-0.1, -0.05) is 12.1 Å².